The number of aromatic hydroxyl groups is 2. The molecule has 2 aromatic carbocycles. The molecule has 9 nitrogen and oxygen atoms in total. The topological polar surface area (TPSA) is 168 Å². The fourth-order valence-electron chi connectivity index (χ4n) is 2.87. The van der Waals surface area contributed by atoms with E-state index in [1.807, 2.05) is 0 Å². The molecule has 0 aliphatic carbocycles. The Bertz CT molecular complexity index is 1280. The van der Waals surface area contributed by atoms with E-state index in [9.17, 15) is 19.8 Å². The number of primary amides is 2. The first-order valence-electron chi connectivity index (χ1n) is 8.62. The van der Waals surface area contributed by atoms with Gasteiger partial charge in [0.05, 0.1) is 11.4 Å². The molecule has 2 heterocycles. The number of amides is 2. The van der Waals surface area contributed by atoms with Crippen LogP contribution in [0.2, 0.25) is 0 Å². The van der Waals surface area contributed by atoms with Gasteiger partial charge in [-0.25, -0.2) is 9.97 Å². The van der Waals surface area contributed by atoms with Crippen LogP contribution in [0.4, 0.5) is 0 Å². The van der Waals surface area contributed by atoms with Gasteiger partial charge in [0.15, 0.2) is 16.5 Å². The monoisotopic (exact) mass is 421 g/mol. The number of carbonyl (C=O) groups is 2. The zero-order valence-corrected chi connectivity index (χ0v) is 16.1. The Morgan fingerprint density at radius 3 is 2.20 bits per heavy atom. The molecule has 4 aromatic rings. The van der Waals surface area contributed by atoms with Crippen LogP contribution < -0.4 is 11.5 Å². The highest BCUT2D eigenvalue weighted by atomic mass is 32.1. The number of hydrogen-bond donors (Lipinski definition) is 5. The molecule has 30 heavy (non-hydrogen) atoms. The van der Waals surface area contributed by atoms with E-state index in [0.29, 0.717) is 39.6 Å². The Labute approximate surface area is 173 Å². The summed E-state index contributed by atoms with van der Waals surface area (Å²) in [4.78, 5) is 34.8. The lowest BCUT2D eigenvalue weighted by Crippen LogP contribution is -2.10. The van der Waals surface area contributed by atoms with Gasteiger partial charge in [0.2, 0.25) is 5.91 Å². The van der Waals surface area contributed by atoms with E-state index >= 15 is 0 Å². The number of hydrogen-bond acceptors (Lipinski definition) is 7. The van der Waals surface area contributed by atoms with E-state index in [2.05, 4.69) is 15.0 Å². The third-order valence-electron chi connectivity index (χ3n) is 4.37. The van der Waals surface area contributed by atoms with Gasteiger partial charge in [-0.2, -0.15) is 0 Å². The van der Waals surface area contributed by atoms with Crippen molar-refractivity contribution in [2.75, 3.05) is 0 Å². The van der Waals surface area contributed by atoms with Crippen LogP contribution in [0, 0.1) is 0 Å². The number of nitrogens with one attached hydrogen (secondary N) is 1. The number of rotatable bonds is 5. The summed E-state index contributed by atoms with van der Waals surface area (Å²) in [6.45, 7) is 0. The zero-order valence-electron chi connectivity index (χ0n) is 15.3. The number of benzene rings is 2. The van der Waals surface area contributed by atoms with Crippen LogP contribution in [0.25, 0.3) is 34.0 Å². The molecule has 0 aliphatic heterocycles. The summed E-state index contributed by atoms with van der Waals surface area (Å²) in [7, 11) is 0. The Morgan fingerprint density at radius 2 is 1.60 bits per heavy atom. The lowest BCUT2D eigenvalue weighted by Gasteiger charge is -2.03. The molecule has 150 valence electrons. The Kier molecular flexibility index (Phi) is 4.68. The van der Waals surface area contributed by atoms with Gasteiger partial charge >= 0.3 is 0 Å². The maximum atomic E-state index is 11.4. The largest absolute Gasteiger partial charge is 0.504 e. The van der Waals surface area contributed by atoms with E-state index in [4.69, 9.17) is 11.5 Å². The van der Waals surface area contributed by atoms with Crippen molar-refractivity contribution in [1.82, 2.24) is 15.0 Å². The molecule has 0 atom stereocenters. The van der Waals surface area contributed by atoms with Crippen molar-refractivity contribution in [1.29, 1.82) is 0 Å². The summed E-state index contributed by atoms with van der Waals surface area (Å²) in [6.07, 6.45) is 0. The third-order valence-corrected chi connectivity index (χ3v) is 5.22. The Morgan fingerprint density at radius 1 is 0.900 bits per heavy atom. The molecule has 0 spiro atoms. The van der Waals surface area contributed by atoms with Crippen LogP contribution in [0.1, 0.15) is 20.2 Å². The maximum absolute atomic E-state index is 11.4. The van der Waals surface area contributed by atoms with Crippen molar-refractivity contribution in [2.45, 2.75) is 0 Å². The minimum Gasteiger partial charge on any atom is -0.504 e. The maximum Gasteiger partial charge on any atom is 0.277 e. The van der Waals surface area contributed by atoms with E-state index in [1.54, 1.807) is 35.7 Å². The average Bonchev–Trinajstić information content (AvgIpc) is 3.37. The first kappa shape index (κ1) is 19.2. The van der Waals surface area contributed by atoms with Gasteiger partial charge in [-0.3, -0.25) is 9.59 Å². The number of thiazole rings is 1. The lowest BCUT2D eigenvalue weighted by atomic mass is 10.1. The number of carbonyl (C=O) groups excluding carboxylic acids is 2. The van der Waals surface area contributed by atoms with Gasteiger partial charge in [-0.05, 0) is 30.3 Å². The van der Waals surface area contributed by atoms with Crippen molar-refractivity contribution in [3.63, 3.8) is 0 Å². The first-order valence-corrected chi connectivity index (χ1v) is 9.49. The van der Waals surface area contributed by atoms with Crippen molar-refractivity contribution in [2.24, 2.45) is 11.5 Å². The molecule has 0 unspecified atom stereocenters. The highest BCUT2D eigenvalue weighted by Gasteiger charge is 2.19. The Hall–Kier alpha value is -4.18. The van der Waals surface area contributed by atoms with Gasteiger partial charge in [-0.15, -0.1) is 11.3 Å². The molecule has 0 saturated heterocycles. The van der Waals surface area contributed by atoms with Gasteiger partial charge in [0.25, 0.3) is 5.91 Å². The molecule has 2 amide bonds. The number of nitrogens with two attached hydrogens (primary N) is 2. The van der Waals surface area contributed by atoms with Crippen LogP contribution in [-0.4, -0.2) is 37.0 Å². The normalized spacial score (nSPS) is 10.8. The van der Waals surface area contributed by atoms with Gasteiger partial charge in [0.1, 0.15) is 11.5 Å². The van der Waals surface area contributed by atoms with Crippen LogP contribution in [0.15, 0.2) is 47.8 Å². The van der Waals surface area contributed by atoms with E-state index in [1.165, 1.54) is 12.1 Å². The molecular weight excluding hydrogens is 406 g/mol. The predicted molar refractivity (Wildman–Crippen MR) is 111 cm³/mol. The van der Waals surface area contributed by atoms with Crippen LogP contribution in [-0.2, 0) is 0 Å². The predicted octanol–water partition coefficient (Wildman–Crippen LogP) is 2.48. The SMILES string of the molecule is NC(=O)c1ccc(-c2nc(-c3ccc(O)c(O)c3)c(-c3csc(C(N)=O)n3)[nH]2)cc1. The lowest BCUT2D eigenvalue weighted by molar-refractivity contribution is 0.0991. The number of aromatic nitrogens is 3. The fraction of sp³-hybridized carbons (Fsp3) is 0. The molecule has 2 aromatic heterocycles. The van der Waals surface area contributed by atoms with Crippen LogP contribution >= 0.6 is 11.3 Å². The number of phenols is 2. The number of imidazole rings is 1. The average molecular weight is 421 g/mol. The van der Waals surface area contributed by atoms with E-state index in [0.717, 1.165) is 11.3 Å². The summed E-state index contributed by atoms with van der Waals surface area (Å²) in [5.74, 6) is -1.27. The molecule has 0 saturated carbocycles. The fourth-order valence-corrected chi connectivity index (χ4v) is 3.53. The summed E-state index contributed by atoms with van der Waals surface area (Å²) in [5, 5.41) is 21.3. The van der Waals surface area contributed by atoms with E-state index < -0.39 is 11.8 Å². The van der Waals surface area contributed by atoms with E-state index in [-0.39, 0.29) is 16.5 Å². The number of aromatic amines is 1. The standard InChI is InChI=1S/C20H15N5O4S/c21-17(28)9-1-3-10(4-2-9)19-24-15(11-5-6-13(26)14(27)7-11)16(25-19)12-8-30-20(23-12)18(22)29/h1-8,26-27H,(H2,21,28)(H2,22,29)(H,24,25). The molecular formula is C20H15N5O4S. The summed E-state index contributed by atoms with van der Waals surface area (Å²) in [5.41, 5.74) is 13.5. The minimum absolute atomic E-state index is 0.145. The first-order chi connectivity index (χ1) is 14.3. The number of phenolic OH excluding ortho intramolecular Hbond substituents is 2. The molecule has 10 heteroatoms. The molecule has 0 radical (unpaired) electrons. The minimum atomic E-state index is -0.642. The Balaban J connectivity index is 1.86. The van der Waals surface area contributed by atoms with Crippen molar-refractivity contribution in [3.8, 4) is 45.5 Å². The van der Waals surface area contributed by atoms with Crippen molar-refractivity contribution < 1.29 is 19.8 Å². The highest BCUT2D eigenvalue weighted by Crippen LogP contribution is 2.37. The summed E-state index contributed by atoms with van der Waals surface area (Å²) >= 11 is 1.10. The molecule has 0 fully saturated rings. The second kappa shape index (κ2) is 7.33. The summed E-state index contributed by atoms with van der Waals surface area (Å²) in [6, 6.07) is 10.9. The molecule has 4 rings (SSSR count). The summed E-state index contributed by atoms with van der Waals surface area (Å²) < 4.78 is 0. The smallest absolute Gasteiger partial charge is 0.277 e. The van der Waals surface area contributed by atoms with Gasteiger partial charge in [0, 0.05) is 22.1 Å². The van der Waals surface area contributed by atoms with Crippen LogP contribution in [0.5, 0.6) is 11.5 Å². The number of nitrogens with zero attached hydrogens (tertiary/aromatic N) is 2. The third kappa shape index (κ3) is 3.47. The highest BCUT2D eigenvalue weighted by molar-refractivity contribution is 7.12. The second-order valence-electron chi connectivity index (χ2n) is 6.36. The van der Waals surface area contributed by atoms with Crippen molar-refractivity contribution >= 4 is 23.2 Å². The quantitative estimate of drug-likeness (QED) is 0.310. The van der Waals surface area contributed by atoms with Crippen LogP contribution in [0.3, 0.4) is 0 Å². The molecule has 7 N–H and O–H groups in total. The number of H-pyrrole nitrogens is 1. The van der Waals surface area contributed by atoms with Gasteiger partial charge < -0.3 is 26.7 Å². The molecule has 0 bridgehead atoms. The second-order valence-corrected chi connectivity index (χ2v) is 7.21. The van der Waals surface area contributed by atoms with Crippen molar-refractivity contribution in [3.05, 3.63) is 58.4 Å². The molecule has 0 aliphatic rings. The van der Waals surface area contributed by atoms with Gasteiger partial charge in [-0.1, -0.05) is 12.1 Å². The zero-order chi connectivity index (χ0) is 21.4.